The van der Waals surface area contributed by atoms with Crippen LogP contribution in [0.3, 0.4) is 0 Å². The van der Waals surface area contributed by atoms with Crippen molar-refractivity contribution in [2.24, 2.45) is 0 Å². The number of carbonyl (C=O) groups excluding carboxylic acids is 1. The Labute approximate surface area is 219 Å². The Morgan fingerprint density at radius 2 is 1.97 bits per heavy atom. The summed E-state index contributed by atoms with van der Waals surface area (Å²) in [6.07, 6.45) is 1.74. The molecule has 0 bridgehead atoms. The number of aromatic nitrogens is 1. The number of aryl methyl sites for hydroxylation is 1. The second kappa shape index (κ2) is 10.5. The van der Waals surface area contributed by atoms with Gasteiger partial charge in [-0.15, -0.1) is 0 Å². The number of halogens is 1. The minimum Gasteiger partial charge on any atom is -0.459 e. The van der Waals surface area contributed by atoms with Crippen LogP contribution in [0.5, 0.6) is 0 Å². The van der Waals surface area contributed by atoms with Crippen molar-refractivity contribution in [2.45, 2.75) is 19.0 Å². The lowest BCUT2D eigenvalue weighted by Gasteiger charge is -2.26. The molecule has 1 aliphatic rings. The van der Waals surface area contributed by atoms with Crippen molar-refractivity contribution in [1.82, 2.24) is 10.3 Å². The number of methoxy groups -OCH3 is 1. The summed E-state index contributed by atoms with van der Waals surface area (Å²) in [5.74, 6) is 0.769. The molecule has 9 heteroatoms. The van der Waals surface area contributed by atoms with Crippen molar-refractivity contribution < 1.29 is 18.3 Å². The molecule has 0 unspecified atom stereocenters. The summed E-state index contributed by atoms with van der Waals surface area (Å²) in [5.41, 5.74) is 3.99. The van der Waals surface area contributed by atoms with E-state index in [1.165, 1.54) is 19.2 Å². The fourth-order valence-corrected chi connectivity index (χ4v) is 4.80. The van der Waals surface area contributed by atoms with Crippen molar-refractivity contribution in [3.05, 3.63) is 102 Å². The van der Waals surface area contributed by atoms with Crippen molar-refractivity contribution >= 4 is 34.6 Å². The van der Waals surface area contributed by atoms with Crippen LogP contribution in [0.4, 0.5) is 15.8 Å². The number of furan rings is 1. The van der Waals surface area contributed by atoms with Crippen molar-refractivity contribution in [3.63, 3.8) is 0 Å². The number of nitrogens with zero attached hydrogens (tertiary/aromatic N) is 2. The van der Waals surface area contributed by atoms with Crippen LogP contribution in [-0.4, -0.2) is 29.7 Å². The number of nitrogens with one attached hydrogen (secondary N) is 2. The van der Waals surface area contributed by atoms with Gasteiger partial charge in [-0.3, -0.25) is 9.78 Å². The van der Waals surface area contributed by atoms with Gasteiger partial charge in [-0.05, 0) is 91.4 Å². The molecule has 5 rings (SSSR count). The molecular formula is C28H25FN4O3S. The number of amides is 1. The fourth-order valence-electron chi connectivity index (χ4n) is 4.46. The van der Waals surface area contributed by atoms with E-state index in [9.17, 15) is 9.18 Å². The quantitative estimate of drug-likeness (QED) is 0.312. The molecule has 2 N–H and O–H groups in total. The molecule has 2 aromatic carbocycles. The first-order valence-electron chi connectivity index (χ1n) is 11.7. The second-order valence-corrected chi connectivity index (χ2v) is 9.07. The maximum atomic E-state index is 13.4. The van der Waals surface area contributed by atoms with Gasteiger partial charge in [0, 0.05) is 30.2 Å². The number of thiocarbonyl (C=S) groups is 1. The van der Waals surface area contributed by atoms with Gasteiger partial charge in [-0.2, -0.15) is 0 Å². The van der Waals surface area contributed by atoms with Crippen LogP contribution < -0.4 is 15.5 Å². The Balaban J connectivity index is 1.53. The normalized spacial score (nSPS) is 17.1. The van der Waals surface area contributed by atoms with E-state index in [0.717, 1.165) is 22.5 Å². The molecule has 1 amide bonds. The lowest BCUT2D eigenvalue weighted by Crippen LogP contribution is -2.29. The average molecular weight is 517 g/mol. The first-order chi connectivity index (χ1) is 17.9. The smallest absolute Gasteiger partial charge is 0.250 e. The lowest BCUT2D eigenvalue weighted by molar-refractivity contribution is -0.119. The monoisotopic (exact) mass is 516 g/mol. The van der Waals surface area contributed by atoms with E-state index >= 15 is 0 Å². The summed E-state index contributed by atoms with van der Waals surface area (Å²) in [4.78, 5) is 18.6. The minimum absolute atomic E-state index is 0.0238. The minimum atomic E-state index is -0.343. The summed E-state index contributed by atoms with van der Waals surface area (Å²) in [5, 5.41) is 6.79. The predicted molar refractivity (Wildman–Crippen MR) is 144 cm³/mol. The van der Waals surface area contributed by atoms with Crippen LogP contribution >= 0.6 is 12.2 Å². The Hall–Kier alpha value is -4.08. The molecule has 0 radical (unpaired) electrons. The Morgan fingerprint density at radius 1 is 1.16 bits per heavy atom. The van der Waals surface area contributed by atoms with Gasteiger partial charge >= 0.3 is 0 Å². The molecule has 0 spiro atoms. The summed E-state index contributed by atoms with van der Waals surface area (Å²) < 4.78 is 24.7. The standard InChI is InChI=1S/C28H25FN4O3S/c1-17-15-20(10-11-21(17)31-25(34)16-35-2)33-27(26(32-28(33)37)22-5-3-4-14-30-22)24-13-12-23(36-24)18-6-8-19(29)9-7-18/h3-15,26-27H,16H2,1-2H3,(H,31,34)(H,32,37)/t26-,27-/m0/s1. The van der Waals surface area contributed by atoms with Gasteiger partial charge in [0.15, 0.2) is 5.11 Å². The van der Waals surface area contributed by atoms with Crippen LogP contribution in [0.1, 0.15) is 29.1 Å². The number of rotatable bonds is 7. The molecule has 0 saturated carbocycles. The number of ether oxygens (including phenoxy) is 1. The van der Waals surface area contributed by atoms with Gasteiger partial charge in [0.05, 0.1) is 11.7 Å². The van der Waals surface area contributed by atoms with E-state index in [0.29, 0.717) is 22.3 Å². The van der Waals surface area contributed by atoms with Crippen molar-refractivity contribution in [1.29, 1.82) is 0 Å². The van der Waals surface area contributed by atoms with Gasteiger partial charge in [0.2, 0.25) is 5.91 Å². The molecule has 1 fully saturated rings. The molecule has 37 heavy (non-hydrogen) atoms. The van der Waals surface area contributed by atoms with Gasteiger partial charge in [-0.1, -0.05) is 6.07 Å². The highest BCUT2D eigenvalue weighted by atomic mass is 32.1. The lowest BCUT2D eigenvalue weighted by atomic mass is 10.0. The first-order valence-corrected chi connectivity index (χ1v) is 12.1. The molecule has 7 nitrogen and oxygen atoms in total. The van der Waals surface area contributed by atoms with Crippen LogP contribution in [-0.2, 0) is 9.53 Å². The van der Waals surface area contributed by atoms with Crippen LogP contribution in [0.2, 0.25) is 0 Å². The Kier molecular flexibility index (Phi) is 6.98. The number of hydrogen-bond acceptors (Lipinski definition) is 5. The summed E-state index contributed by atoms with van der Waals surface area (Å²) in [7, 11) is 1.48. The second-order valence-electron chi connectivity index (χ2n) is 8.69. The fraction of sp³-hybridized carbons (Fsp3) is 0.179. The predicted octanol–water partition coefficient (Wildman–Crippen LogP) is 5.55. The molecular weight excluding hydrogens is 491 g/mol. The maximum absolute atomic E-state index is 13.4. The van der Waals surface area contributed by atoms with Crippen LogP contribution in [0.15, 0.2) is 83.4 Å². The summed E-state index contributed by atoms with van der Waals surface area (Å²) in [6.45, 7) is 1.90. The van der Waals surface area contributed by atoms with Crippen LogP contribution in [0.25, 0.3) is 11.3 Å². The van der Waals surface area contributed by atoms with Gasteiger partial charge < -0.3 is 24.7 Å². The zero-order valence-corrected chi connectivity index (χ0v) is 21.1. The van der Waals surface area contributed by atoms with Crippen molar-refractivity contribution in [2.75, 3.05) is 23.9 Å². The SMILES string of the molecule is COCC(=O)Nc1ccc(N2C(=S)N[C@@H](c3ccccn3)[C@@H]2c2ccc(-c3ccc(F)cc3)o2)cc1C. The van der Waals surface area contributed by atoms with E-state index in [2.05, 4.69) is 15.6 Å². The highest BCUT2D eigenvalue weighted by Gasteiger charge is 2.42. The highest BCUT2D eigenvalue weighted by Crippen LogP contribution is 2.43. The van der Waals surface area contributed by atoms with E-state index in [4.69, 9.17) is 21.4 Å². The maximum Gasteiger partial charge on any atom is 0.250 e. The van der Waals surface area contributed by atoms with E-state index in [1.54, 1.807) is 18.3 Å². The number of pyridine rings is 1. The zero-order valence-electron chi connectivity index (χ0n) is 20.3. The third-order valence-corrected chi connectivity index (χ3v) is 6.50. The van der Waals surface area contributed by atoms with Crippen LogP contribution in [0, 0.1) is 12.7 Å². The van der Waals surface area contributed by atoms with Gasteiger partial charge in [-0.25, -0.2) is 4.39 Å². The molecule has 3 heterocycles. The van der Waals surface area contributed by atoms with Gasteiger partial charge in [0.25, 0.3) is 0 Å². The zero-order chi connectivity index (χ0) is 25.9. The molecule has 2 aromatic heterocycles. The van der Waals surface area contributed by atoms with Crippen molar-refractivity contribution in [3.8, 4) is 11.3 Å². The highest BCUT2D eigenvalue weighted by molar-refractivity contribution is 7.80. The summed E-state index contributed by atoms with van der Waals surface area (Å²) in [6, 6.07) is 20.8. The largest absolute Gasteiger partial charge is 0.459 e. The van der Waals surface area contributed by atoms with E-state index in [1.807, 2.05) is 60.4 Å². The molecule has 188 valence electrons. The number of benzene rings is 2. The first kappa shape index (κ1) is 24.6. The molecule has 1 aliphatic heterocycles. The molecule has 1 saturated heterocycles. The summed E-state index contributed by atoms with van der Waals surface area (Å²) >= 11 is 5.79. The molecule has 0 aliphatic carbocycles. The van der Waals surface area contributed by atoms with E-state index < -0.39 is 0 Å². The Morgan fingerprint density at radius 3 is 2.68 bits per heavy atom. The number of hydrogen-bond donors (Lipinski definition) is 2. The number of carbonyl (C=O) groups is 1. The molecule has 4 aromatic rings. The topological polar surface area (TPSA) is 79.6 Å². The number of anilines is 2. The third-order valence-electron chi connectivity index (χ3n) is 6.18. The average Bonchev–Trinajstić information content (AvgIpc) is 3.51. The van der Waals surface area contributed by atoms with Gasteiger partial charge in [0.1, 0.15) is 30.0 Å². The molecule has 2 atom stereocenters. The third kappa shape index (κ3) is 5.09. The Bertz CT molecular complexity index is 1430. The van der Waals surface area contributed by atoms with E-state index in [-0.39, 0.29) is 30.4 Å².